The van der Waals surface area contributed by atoms with E-state index in [-0.39, 0.29) is 0 Å². The average Bonchev–Trinajstić information content (AvgIpc) is 2.84. The van der Waals surface area contributed by atoms with E-state index < -0.39 is 13.6 Å². The van der Waals surface area contributed by atoms with E-state index >= 15 is 0 Å². The minimum absolute atomic E-state index is 1.29. The van der Waals surface area contributed by atoms with Crippen LogP contribution < -0.4 is 8.70 Å². The summed E-state index contributed by atoms with van der Waals surface area (Å²) in [5.74, 6) is 0. The van der Waals surface area contributed by atoms with Crippen LogP contribution in [0.25, 0.3) is 0 Å². The second-order valence-electron chi connectivity index (χ2n) is 5.03. The first-order valence-corrected chi connectivity index (χ1v) is 11.0. The molecule has 0 bridgehead atoms. The van der Waals surface area contributed by atoms with Crippen molar-refractivity contribution in [3.8, 4) is 0 Å². The van der Waals surface area contributed by atoms with E-state index in [0.29, 0.717) is 0 Å². The molecule has 90 valence electrons. The molecule has 2 aromatic carbocycles. The summed E-state index contributed by atoms with van der Waals surface area (Å²) in [7, 11) is 0. The van der Waals surface area contributed by atoms with Crippen LogP contribution in [0.2, 0.25) is 10.4 Å². The van der Waals surface area contributed by atoms with Crippen LogP contribution in [-0.4, -0.2) is 13.6 Å². The zero-order valence-corrected chi connectivity index (χ0v) is 12.6. The molecule has 3 rings (SSSR count). The van der Waals surface area contributed by atoms with Gasteiger partial charge in [-0.25, -0.2) is 0 Å². The second kappa shape index (κ2) is 4.78. The zero-order chi connectivity index (χ0) is 12.4. The molecule has 0 fully saturated rings. The van der Waals surface area contributed by atoms with E-state index in [9.17, 15) is 0 Å². The summed E-state index contributed by atoms with van der Waals surface area (Å²) in [6, 6.07) is 22.4. The summed E-state index contributed by atoms with van der Waals surface area (Å²) in [5, 5.41) is 2.60. The standard InChI is InChI=1S/C17H18As/c1-15-12-13-18(14-15,16-8-4-2-5-9-16)17-10-6-3-7-11-17/h2-12H,13-14H2,1H3/q+1. The van der Waals surface area contributed by atoms with Crippen molar-refractivity contribution in [3.05, 3.63) is 72.3 Å². The first kappa shape index (κ1) is 11.8. The summed E-state index contributed by atoms with van der Waals surface area (Å²) < 4.78 is 3.21. The topological polar surface area (TPSA) is 0 Å². The molecule has 0 aromatic heterocycles. The summed E-state index contributed by atoms with van der Waals surface area (Å²) >= 11 is -1.94. The molecule has 2 aromatic rings. The van der Waals surface area contributed by atoms with Gasteiger partial charge in [-0.3, -0.25) is 0 Å². The van der Waals surface area contributed by atoms with E-state index in [2.05, 4.69) is 73.7 Å². The van der Waals surface area contributed by atoms with Crippen LogP contribution in [0.3, 0.4) is 0 Å². The molecule has 1 aliphatic rings. The summed E-state index contributed by atoms with van der Waals surface area (Å²) in [4.78, 5) is 0. The number of hydrogen-bond acceptors (Lipinski definition) is 0. The Kier molecular flexibility index (Phi) is 3.14. The van der Waals surface area contributed by atoms with E-state index in [1.165, 1.54) is 10.4 Å². The van der Waals surface area contributed by atoms with E-state index in [0.717, 1.165) is 0 Å². The van der Waals surface area contributed by atoms with Crippen LogP contribution in [0.1, 0.15) is 6.92 Å². The van der Waals surface area contributed by atoms with Crippen molar-refractivity contribution in [2.75, 3.05) is 0 Å². The predicted molar refractivity (Wildman–Crippen MR) is 81.3 cm³/mol. The molecule has 1 heterocycles. The van der Waals surface area contributed by atoms with Crippen molar-refractivity contribution < 1.29 is 0 Å². The molecule has 0 saturated heterocycles. The average molecular weight is 297 g/mol. The van der Waals surface area contributed by atoms with Gasteiger partial charge in [-0.05, 0) is 0 Å². The van der Waals surface area contributed by atoms with Gasteiger partial charge in [0.1, 0.15) is 0 Å². The van der Waals surface area contributed by atoms with Gasteiger partial charge in [0.05, 0.1) is 0 Å². The molecule has 0 atom stereocenters. The van der Waals surface area contributed by atoms with Crippen LogP contribution in [0.4, 0.5) is 0 Å². The minimum atomic E-state index is -1.94. The van der Waals surface area contributed by atoms with Gasteiger partial charge in [-0.2, -0.15) is 0 Å². The molecule has 0 radical (unpaired) electrons. The quantitative estimate of drug-likeness (QED) is 0.590. The summed E-state index contributed by atoms with van der Waals surface area (Å²) in [6.07, 6.45) is 2.47. The van der Waals surface area contributed by atoms with Crippen LogP contribution >= 0.6 is 0 Å². The molecule has 0 unspecified atom stereocenters. The number of allylic oxidation sites excluding steroid dienone is 2. The maximum atomic E-state index is 2.47. The van der Waals surface area contributed by atoms with Crippen molar-refractivity contribution in [1.82, 2.24) is 0 Å². The molecule has 0 nitrogen and oxygen atoms in total. The second-order valence-corrected chi connectivity index (χ2v) is 12.7. The normalized spacial score (nSPS) is 17.5. The van der Waals surface area contributed by atoms with Crippen LogP contribution in [0, 0.1) is 0 Å². The van der Waals surface area contributed by atoms with Crippen LogP contribution in [0.5, 0.6) is 0 Å². The summed E-state index contributed by atoms with van der Waals surface area (Å²) in [6.45, 7) is 2.29. The van der Waals surface area contributed by atoms with Gasteiger partial charge in [-0.1, -0.05) is 0 Å². The first-order chi connectivity index (χ1) is 8.81. The van der Waals surface area contributed by atoms with Crippen molar-refractivity contribution in [3.63, 3.8) is 0 Å². The van der Waals surface area contributed by atoms with Gasteiger partial charge in [0, 0.05) is 0 Å². The fraction of sp³-hybridized carbons (Fsp3) is 0.176. The van der Waals surface area contributed by atoms with Crippen LogP contribution in [0.15, 0.2) is 72.3 Å². The zero-order valence-electron chi connectivity index (χ0n) is 10.7. The van der Waals surface area contributed by atoms with Gasteiger partial charge < -0.3 is 0 Å². The van der Waals surface area contributed by atoms with Gasteiger partial charge in [-0.15, -0.1) is 0 Å². The SMILES string of the molecule is CC1=CC[As+](c2ccccc2)(c2ccccc2)C1. The van der Waals surface area contributed by atoms with Crippen LogP contribution in [-0.2, 0) is 0 Å². The van der Waals surface area contributed by atoms with Crippen molar-refractivity contribution >= 4 is 22.3 Å². The Bertz CT molecular complexity index is 515. The summed E-state index contributed by atoms with van der Waals surface area (Å²) in [5.41, 5.74) is 1.58. The van der Waals surface area contributed by atoms with Crippen molar-refractivity contribution in [2.45, 2.75) is 17.3 Å². The van der Waals surface area contributed by atoms with Gasteiger partial charge in [0.25, 0.3) is 0 Å². The van der Waals surface area contributed by atoms with E-state index in [1.54, 1.807) is 14.3 Å². The van der Waals surface area contributed by atoms with Gasteiger partial charge in [0.15, 0.2) is 0 Å². The molecular weight excluding hydrogens is 279 g/mol. The Balaban J connectivity index is 2.12. The molecule has 0 amide bonds. The Hall–Kier alpha value is -1.26. The Morgan fingerprint density at radius 2 is 1.28 bits per heavy atom. The third-order valence-electron chi connectivity index (χ3n) is 3.77. The van der Waals surface area contributed by atoms with E-state index in [4.69, 9.17) is 0 Å². The fourth-order valence-corrected chi connectivity index (χ4v) is 11.9. The van der Waals surface area contributed by atoms with E-state index in [1.807, 2.05) is 0 Å². The molecule has 1 aliphatic heterocycles. The number of benzene rings is 2. The van der Waals surface area contributed by atoms with Crippen molar-refractivity contribution in [2.24, 2.45) is 0 Å². The van der Waals surface area contributed by atoms with Gasteiger partial charge >= 0.3 is 112 Å². The molecule has 1 heteroatoms. The molecule has 0 spiro atoms. The molecule has 0 saturated carbocycles. The molecule has 0 aliphatic carbocycles. The first-order valence-electron chi connectivity index (χ1n) is 6.45. The monoisotopic (exact) mass is 297 g/mol. The molecular formula is C17H18As+. The molecule has 0 N–H and O–H groups in total. The third kappa shape index (κ3) is 1.95. The van der Waals surface area contributed by atoms with Gasteiger partial charge in [0.2, 0.25) is 0 Å². The number of rotatable bonds is 2. The maximum absolute atomic E-state index is 2.47. The fourth-order valence-electron chi connectivity index (χ4n) is 2.84. The Morgan fingerprint density at radius 3 is 1.67 bits per heavy atom. The van der Waals surface area contributed by atoms with Crippen molar-refractivity contribution in [1.29, 1.82) is 0 Å². The third-order valence-corrected chi connectivity index (χ3v) is 13.0. The Morgan fingerprint density at radius 1 is 0.778 bits per heavy atom. The molecule has 18 heavy (non-hydrogen) atoms. The number of hydrogen-bond donors (Lipinski definition) is 0. The Labute approximate surface area is 112 Å². The predicted octanol–water partition coefficient (Wildman–Crippen LogP) is 3.21.